The van der Waals surface area contributed by atoms with Crippen molar-refractivity contribution in [2.24, 2.45) is 0 Å². The largest absolute Gasteiger partial charge is 0.460 e. The molecule has 6 nitrogen and oxygen atoms in total. The van der Waals surface area contributed by atoms with Crippen molar-refractivity contribution in [3.05, 3.63) is 21.9 Å². The van der Waals surface area contributed by atoms with Crippen LogP contribution < -0.4 is 0 Å². The molecule has 0 saturated carbocycles. The van der Waals surface area contributed by atoms with Crippen molar-refractivity contribution < 1.29 is 24.5 Å². The molecule has 0 spiro atoms. The van der Waals surface area contributed by atoms with E-state index in [1.165, 1.54) is 12.1 Å². The summed E-state index contributed by atoms with van der Waals surface area (Å²) in [6, 6.07) is 4.55. The second-order valence-corrected chi connectivity index (χ2v) is 4.74. The lowest BCUT2D eigenvalue weighted by Gasteiger charge is -2.12. The number of nitriles is 1. The van der Waals surface area contributed by atoms with E-state index >= 15 is 0 Å². The average Bonchev–Trinajstić information content (AvgIpc) is 2.87. The zero-order valence-electron chi connectivity index (χ0n) is 10.2. The van der Waals surface area contributed by atoms with Crippen LogP contribution in [0.4, 0.5) is 0 Å². The molecule has 0 fully saturated rings. The number of rotatable bonds is 6. The number of ketones is 1. The molecule has 1 rings (SSSR count). The molecule has 0 aromatic carbocycles. The summed E-state index contributed by atoms with van der Waals surface area (Å²) in [7, 11) is 0. The summed E-state index contributed by atoms with van der Waals surface area (Å²) in [5.74, 6) is -1.75. The number of hydrogen-bond acceptors (Lipinski definition) is 7. The molecule has 1 aromatic heterocycles. The van der Waals surface area contributed by atoms with Gasteiger partial charge in [0.25, 0.3) is 5.78 Å². The smallest absolute Gasteiger partial charge is 0.380 e. The minimum atomic E-state index is -1.26. The number of hydrogen-bond donors (Lipinski definition) is 2. The Morgan fingerprint density at radius 2 is 2.16 bits per heavy atom. The molecule has 2 unspecified atom stereocenters. The second kappa shape index (κ2) is 6.99. The molecule has 0 amide bonds. The van der Waals surface area contributed by atoms with Gasteiger partial charge in [-0.25, -0.2) is 4.79 Å². The fourth-order valence-electron chi connectivity index (χ4n) is 1.33. The summed E-state index contributed by atoms with van der Waals surface area (Å²) in [4.78, 5) is 23.3. The Labute approximate surface area is 113 Å². The number of carbonyl (C=O) groups excluding carboxylic acids is 2. The van der Waals surface area contributed by atoms with Crippen molar-refractivity contribution in [2.75, 3.05) is 6.61 Å². The first-order valence-electron chi connectivity index (χ1n) is 5.55. The van der Waals surface area contributed by atoms with E-state index in [1.54, 1.807) is 13.0 Å². The van der Waals surface area contributed by atoms with Crippen molar-refractivity contribution in [1.82, 2.24) is 0 Å². The van der Waals surface area contributed by atoms with Crippen LogP contribution in [0.25, 0.3) is 0 Å². The third-order valence-electron chi connectivity index (χ3n) is 2.27. The first-order chi connectivity index (χ1) is 9.01. The quantitative estimate of drug-likeness (QED) is 0.454. The van der Waals surface area contributed by atoms with Gasteiger partial charge in [-0.05, 0) is 19.1 Å². The highest BCUT2D eigenvalue weighted by Crippen LogP contribution is 2.27. The molecule has 0 bridgehead atoms. The van der Waals surface area contributed by atoms with E-state index in [9.17, 15) is 19.8 Å². The summed E-state index contributed by atoms with van der Waals surface area (Å²) in [6.45, 7) is 1.69. The fourth-order valence-corrected chi connectivity index (χ4v) is 2.31. The molecular weight excluding hydrogens is 270 g/mol. The Kier molecular flexibility index (Phi) is 5.63. The predicted molar refractivity (Wildman–Crippen MR) is 66.5 cm³/mol. The zero-order chi connectivity index (χ0) is 14.4. The number of carbonyl (C=O) groups is 2. The van der Waals surface area contributed by atoms with Gasteiger partial charge in [0.05, 0.1) is 30.1 Å². The highest BCUT2D eigenvalue weighted by molar-refractivity contribution is 7.14. The van der Waals surface area contributed by atoms with Gasteiger partial charge in [-0.1, -0.05) is 0 Å². The molecular formula is C12H13NO5S. The third-order valence-corrected chi connectivity index (χ3v) is 3.42. The highest BCUT2D eigenvalue weighted by atomic mass is 32.1. The number of ether oxygens (including phenoxy) is 1. The molecule has 0 saturated heterocycles. The molecule has 0 radical (unpaired) electrons. The monoisotopic (exact) mass is 283 g/mol. The molecule has 2 N–H and O–H groups in total. The van der Waals surface area contributed by atoms with Gasteiger partial charge in [0.1, 0.15) is 6.10 Å². The first-order valence-corrected chi connectivity index (χ1v) is 6.37. The molecule has 0 aliphatic carbocycles. The Morgan fingerprint density at radius 3 is 2.74 bits per heavy atom. The summed E-state index contributed by atoms with van der Waals surface area (Å²) in [5, 5.41) is 27.6. The van der Waals surface area contributed by atoms with Crippen LogP contribution in [0.5, 0.6) is 0 Å². The average molecular weight is 283 g/mol. The van der Waals surface area contributed by atoms with Crippen LogP contribution in [-0.2, 0) is 9.53 Å². The van der Waals surface area contributed by atoms with Gasteiger partial charge in [-0.2, -0.15) is 5.26 Å². The Bertz CT molecular complexity index is 504. The van der Waals surface area contributed by atoms with Crippen molar-refractivity contribution >= 4 is 23.1 Å². The van der Waals surface area contributed by atoms with Crippen molar-refractivity contribution in [3.8, 4) is 6.07 Å². The molecule has 1 aromatic rings. The lowest BCUT2D eigenvalue weighted by atomic mass is 10.1. The fraction of sp³-hybridized carbons (Fsp3) is 0.417. The van der Waals surface area contributed by atoms with E-state index in [2.05, 4.69) is 4.74 Å². The Morgan fingerprint density at radius 1 is 1.47 bits per heavy atom. The number of esters is 1. The Balaban J connectivity index is 2.80. The van der Waals surface area contributed by atoms with Crippen LogP contribution in [0.15, 0.2) is 12.1 Å². The summed E-state index contributed by atoms with van der Waals surface area (Å²) < 4.78 is 4.58. The Hall–Kier alpha value is -1.75. The van der Waals surface area contributed by atoms with Crippen molar-refractivity contribution in [3.63, 3.8) is 0 Å². The minimum absolute atomic E-state index is 0.103. The maximum Gasteiger partial charge on any atom is 0.380 e. The number of aliphatic hydroxyl groups is 2. The van der Waals surface area contributed by atoms with E-state index in [1.807, 2.05) is 0 Å². The minimum Gasteiger partial charge on any atom is -0.460 e. The topological polar surface area (TPSA) is 108 Å². The van der Waals surface area contributed by atoms with Crippen LogP contribution in [0.3, 0.4) is 0 Å². The van der Waals surface area contributed by atoms with E-state index in [0.717, 1.165) is 11.3 Å². The van der Waals surface area contributed by atoms with Gasteiger partial charge in [-0.15, -0.1) is 11.3 Å². The summed E-state index contributed by atoms with van der Waals surface area (Å²) in [5.41, 5.74) is 0. The van der Waals surface area contributed by atoms with E-state index in [-0.39, 0.29) is 17.9 Å². The first kappa shape index (κ1) is 15.3. The SMILES string of the molecule is CCOC(=O)C(=O)c1ccc(C(O)C(O)CC#N)s1. The van der Waals surface area contributed by atoms with Crippen LogP contribution in [0.2, 0.25) is 0 Å². The lowest BCUT2D eigenvalue weighted by molar-refractivity contribution is -0.137. The normalized spacial score (nSPS) is 13.4. The van der Waals surface area contributed by atoms with Gasteiger partial charge < -0.3 is 14.9 Å². The number of Topliss-reactive ketones (excluding diaryl/α,β-unsaturated/α-hetero) is 1. The van der Waals surface area contributed by atoms with Crippen molar-refractivity contribution in [1.29, 1.82) is 5.26 Å². The summed E-state index contributed by atoms with van der Waals surface area (Å²) >= 11 is 0.888. The molecule has 1 heterocycles. The molecule has 2 atom stereocenters. The van der Waals surface area contributed by atoms with Crippen LogP contribution in [-0.4, -0.2) is 34.7 Å². The number of nitrogens with zero attached hydrogens (tertiary/aromatic N) is 1. The molecule has 0 aliphatic heterocycles. The van der Waals surface area contributed by atoms with Gasteiger partial charge in [0.15, 0.2) is 0 Å². The number of aliphatic hydroxyl groups excluding tert-OH is 2. The predicted octanol–water partition coefficient (Wildman–Crippen LogP) is 0.802. The second-order valence-electron chi connectivity index (χ2n) is 3.63. The third kappa shape index (κ3) is 3.86. The van der Waals surface area contributed by atoms with Crippen LogP contribution in [0.1, 0.15) is 34.0 Å². The van der Waals surface area contributed by atoms with Gasteiger partial charge in [0.2, 0.25) is 0 Å². The van der Waals surface area contributed by atoms with Gasteiger partial charge in [0, 0.05) is 4.88 Å². The molecule has 19 heavy (non-hydrogen) atoms. The maximum absolute atomic E-state index is 11.6. The molecule has 7 heteroatoms. The standard InChI is InChI=1S/C12H13NO5S/c1-2-18-12(17)11(16)9-4-3-8(19-9)10(15)7(14)5-6-13/h3-4,7,10,14-15H,2,5H2,1H3. The zero-order valence-corrected chi connectivity index (χ0v) is 11.0. The highest BCUT2D eigenvalue weighted by Gasteiger charge is 2.24. The van der Waals surface area contributed by atoms with Crippen molar-refractivity contribution in [2.45, 2.75) is 25.6 Å². The van der Waals surface area contributed by atoms with E-state index in [4.69, 9.17) is 5.26 Å². The van der Waals surface area contributed by atoms with Crippen LogP contribution >= 0.6 is 11.3 Å². The lowest BCUT2D eigenvalue weighted by Crippen LogP contribution is -2.17. The molecule has 102 valence electrons. The maximum atomic E-state index is 11.6. The van der Waals surface area contributed by atoms with E-state index < -0.39 is 24.0 Å². The molecule has 0 aliphatic rings. The van der Waals surface area contributed by atoms with E-state index in [0.29, 0.717) is 4.88 Å². The van der Waals surface area contributed by atoms with Crippen LogP contribution in [0, 0.1) is 11.3 Å². The van der Waals surface area contributed by atoms with Gasteiger partial charge >= 0.3 is 5.97 Å². The summed E-state index contributed by atoms with van der Waals surface area (Å²) in [6.07, 6.45) is -2.71. The number of thiophene rings is 1. The van der Waals surface area contributed by atoms with Gasteiger partial charge in [-0.3, -0.25) is 4.79 Å².